The summed E-state index contributed by atoms with van der Waals surface area (Å²) in [5, 5.41) is 13.5. The highest BCUT2D eigenvalue weighted by atomic mass is 127. The van der Waals surface area contributed by atoms with Gasteiger partial charge in [0.05, 0.1) is 14.1 Å². The molecule has 0 spiro atoms. The first-order chi connectivity index (χ1) is 9.77. The second-order valence-corrected chi connectivity index (χ2v) is 5.29. The first-order valence-electron chi connectivity index (χ1n) is 5.65. The molecule has 0 unspecified atom stereocenters. The van der Waals surface area contributed by atoms with Gasteiger partial charge in [0.15, 0.2) is 0 Å². The molecule has 0 saturated carbocycles. The van der Waals surface area contributed by atoms with Gasteiger partial charge >= 0.3 is 6.18 Å². The molecule has 0 aliphatic heterocycles. The standard InChI is InChI=1S/C13H8F3IN2O2/c14-13(15,16)8-2-1-3-9(6-8)18-10-4-5-12(19(20)21)11(17)7-10/h1-7,18H. The largest absolute Gasteiger partial charge is 0.416 e. The second-order valence-electron chi connectivity index (χ2n) is 4.13. The summed E-state index contributed by atoms with van der Waals surface area (Å²) in [6, 6.07) is 8.99. The predicted octanol–water partition coefficient (Wildman–Crippen LogP) is 4.96. The van der Waals surface area contributed by atoms with Crippen molar-refractivity contribution in [3.8, 4) is 0 Å². The smallest absolute Gasteiger partial charge is 0.355 e. The number of nitrogens with one attached hydrogen (secondary N) is 1. The molecule has 21 heavy (non-hydrogen) atoms. The van der Waals surface area contributed by atoms with E-state index in [1.54, 1.807) is 22.6 Å². The first-order valence-corrected chi connectivity index (χ1v) is 6.73. The van der Waals surface area contributed by atoms with E-state index in [4.69, 9.17) is 0 Å². The lowest BCUT2D eigenvalue weighted by molar-refractivity contribution is -0.385. The summed E-state index contributed by atoms with van der Waals surface area (Å²) in [6.07, 6.45) is -4.42. The van der Waals surface area contributed by atoms with Crippen molar-refractivity contribution in [2.24, 2.45) is 0 Å². The van der Waals surface area contributed by atoms with E-state index in [2.05, 4.69) is 5.32 Å². The molecule has 0 heterocycles. The van der Waals surface area contributed by atoms with E-state index in [-0.39, 0.29) is 11.4 Å². The lowest BCUT2D eigenvalue weighted by atomic mass is 10.2. The number of hydrogen-bond acceptors (Lipinski definition) is 3. The number of hydrogen-bond donors (Lipinski definition) is 1. The Hall–Kier alpha value is -1.84. The van der Waals surface area contributed by atoms with Gasteiger partial charge in [0, 0.05) is 17.4 Å². The van der Waals surface area contributed by atoms with E-state index < -0.39 is 16.7 Å². The molecule has 8 heteroatoms. The van der Waals surface area contributed by atoms with E-state index in [1.165, 1.54) is 30.3 Å². The normalized spacial score (nSPS) is 11.2. The van der Waals surface area contributed by atoms with Crippen molar-refractivity contribution in [3.63, 3.8) is 0 Å². The van der Waals surface area contributed by atoms with Gasteiger partial charge in [-0.25, -0.2) is 0 Å². The van der Waals surface area contributed by atoms with Gasteiger partial charge in [0.25, 0.3) is 5.69 Å². The van der Waals surface area contributed by atoms with Crippen molar-refractivity contribution in [2.75, 3.05) is 5.32 Å². The number of alkyl halides is 3. The Bertz CT molecular complexity index is 689. The lowest BCUT2D eigenvalue weighted by Crippen LogP contribution is -2.05. The van der Waals surface area contributed by atoms with Gasteiger partial charge in [-0.3, -0.25) is 10.1 Å². The molecule has 110 valence electrons. The van der Waals surface area contributed by atoms with Crippen LogP contribution in [0.5, 0.6) is 0 Å². The summed E-state index contributed by atoms with van der Waals surface area (Å²) in [7, 11) is 0. The number of halogens is 4. The maximum absolute atomic E-state index is 12.6. The van der Waals surface area contributed by atoms with Crippen LogP contribution < -0.4 is 5.32 Å². The quantitative estimate of drug-likeness (QED) is 0.444. The number of nitrogens with zero attached hydrogens (tertiary/aromatic N) is 1. The minimum Gasteiger partial charge on any atom is -0.355 e. The molecule has 2 aromatic carbocycles. The third-order valence-corrected chi connectivity index (χ3v) is 3.49. The highest BCUT2D eigenvalue weighted by Gasteiger charge is 2.30. The van der Waals surface area contributed by atoms with Crippen molar-refractivity contribution < 1.29 is 18.1 Å². The van der Waals surface area contributed by atoms with Gasteiger partial charge in [0.1, 0.15) is 0 Å². The van der Waals surface area contributed by atoms with E-state index in [1.807, 2.05) is 0 Å². The molecule has 0 aliphatic carbocycles. The van der Waals surface area contributed by atoms with Crippen LogP contribution in [-0.2, 0) is 6.18 Å². The van der Waals surface area contributed by atoms with Crippen molar-refractivity contribution in [1.82, 2.24) is 0 Å². The first kappa shape index (κ1) is 15.5. The van der Waals surface area contributed by atoms with Gasteiger partial charge in [-0.15, -0.1) is 0 Å². The number of anilines is 2. The molecule has 0 fully saturated rings. The Kier molecular flexibility index (Phi) is 4.35. The van der Waals surface area contributed by atoms with Crippen LogP contribution in [-0.4, -0.2) is 4.92 Å². The number of benzene rings is 2. The molecule has 4 nitrogen and oxygen atoms in total. The molecule has 1 N–H and O–H groups in total. The topological polar surface area (TPSA) is 55.2 Å². The Morgan fingerprint density at radius 1 is 1.10 bits per heavy atom. The van der Waals surface area contributed by atoms with Crippen LogP contribution in [0, 0.1) is 13.7 Å². The fourth-order valence-electron chi connectivity index (χ4n) is 1.67. The summed E-state index contributed by atoms with van der Waals surface area (Å²) in [5.41, 5.74) is -0.0758. The zero-order chi connectivity index (χ0) is 15.6. The van der Waals surface area contributed by atoms with Crippen LogP contribution in [0.15, 0.2) is 42.5 Å². The van der Waals surface area contributed by atoms with Gasteiger partial charge in [-0.1, -0.05) is 6.07 Å². The Balaban J connectivity index is 2.27. The summed E-state index contributed by atoms with van der Waals surface area (Å²) >= 11 is 1.80. The molecule has 0 atom stereocenters. The van der Waals surface area contributed by atoms with E-state index in [9.17, 15) is 23.3 Å². The van der Waals surface area contributed by atoms with Gasteiger partial charge in [-0.2, -0.15) is 13.2 Å². The van der Waals surface area contributed by atoms with Crippen molar-refractivity contribution >= 4 is 39.7 Å². The van der Waals surface area contributed by atoms with Crippen molar-refractivity contribution in [2.45, 2.75) is 6.18 Å². The maximum atomic E-state index is 12.6. The molecule has 0 amide bonds. The van der Waals surface area contributed by atoms with Crippen LogP contribution >= 0.6 is 22.6 Å². The third kappa shape index (κ3) is 3.84. The van der Waals surface area contributed by atoms with E-state index in [0.717, 1.165) is 12.1 Å². The number of nitro benzene ring substituents is 1. The predicted molar refractivity (Wildman–Crippen MR) is 80.5 cm³/mol. The summed E-state index contributed by atoms with van der Waals surface area (Å²) < 4.78 is 38.2. The number of nitro groups is 1. The van der Waals surface area contributed by atoms with Crippen LogP contribution in [0.3, 0.4) is 0 Å². The third-order valence-electron chi connectivity index (χ3n) is 2.62. The molecule has 2 aromatic rings. The van der Waals surface area contributed by atoms with Crippen LogP contribution in [0.2, 0.25) is 0 Å². The summed E-state index contributed by atoms with van der Waals surface area (Å²) in [6.45, 7) is 0. The minimum absolute atomic E-state index is 0.0507. The Labute approximate surface area is 131 Å². The fourth-order valence-corrected chi connectivity index (χ4v) is 2.38. The van der Waals surface area contributed by atoms with Crippen molar-refractivity contribution in [1.29, 1.82) is 0 Å². The van der Waals surface area contributed by atoms with Crippen molar-refractivity contribution in [3.05, 3.63) is 61.7 Å². The molecule has 2 rings (SSSR count). The molecule has 0 bridgehead atoms. The molecule has 0 aromatic heterocycles. The second kappa shape index (κ2) is 5.88. The van der Waals surface area contributed by atoms with Crippen LogP contribution in [0.4, 0.5) is 30.2 Å². The molecule has 0 radical (unpaired) electrons. The number of rotatable bonds is 3. The van der Waals surface area contributed by atoms with Crippen LogP contribution in [0.25, 0.3) is 0 Å². The molecule has 0 saturated heterocycles. The zero-order valence-electron chi connectivity index (χ0n) is 10.3. The highest BCUT2D eigenvalue weighted by molar-refractivity contribution is 14.1. The van der Waals surface area contributed by atoms with E-state index in [0.29, 0.717) is 9.26 Å². The summed E-state index contributed by atoms with van der Waals surface area (Å²) in [4.78, 5) is 10.2. The van der Waals surface area contributed by atoms with E-state index >= 15 is 0 Å². The summed E-state index contributed by atoms with van der Waals surface area (Å²) in [5.74, 6) is 0. The van der Waals surface area contributed by atoms with Crippen LogP contribution in [0.1, 0.15) is 5.56 Å². The highest BCUT2D eigenvalue weighted by Crippen LogP contribution is 2.32. The lowest BCUT2D eigenvalue weighted by Gasteiger charge is -2.11. The van der Waals surface area contributed by atoms with Gasteiger partial charge in [0.2, 0.25) is 0 Å². The molecular formula is C13H8F3IN2O2. The zero-order valence-corrected chi connectivity index (χ0v) is 12.5. The fraction of sp³-hybridized carbons (Fsp3) is 0.0769. The van der Waals surface area contributed by atoms with Gasteiger partial charge in [-0.05, 0) is 52.9 Å². The Morgan fingerprint density at radius 2 is 1.76 bits per heavy atom. The molecular weight excluding hydrogens is 400 g/mol. The van der Waals surface area contributed by atoms with Gasteiger partial charge < -0.3 is 5.32 Å². The SMILES string of the molecule is O=[N+]([O-])c1ccc(Nc2cccc(C(F)(F)F)c2)cc1I. The maximum Gasteiger partial charge on any atom is 0.416 e. The minimum atomic E-state index is -4.42. The Morgan fingerprint density at radius 3 is 2.33 bits per heavy atom. The average molecular weight is 408 g/mol. The average Bonchev–Trinajstić information content (AvgIpc) is 2.37. The monoisotopic (exact) mass is 408 g/mol. The molecule has 0 aliphatic rings.